The molecule has 0 N–H and O–H groups in total. The van der Waals surface area contributed by atoms with Crippen molar-refractivity contribution in [1.82, 2.24) is 14.7 Å². The predicted molar refractivity (Wildman–Crippen MR) is 110 cm³/mol. The zero-order valence-corrected chi connectivity index (χ0v) is 16.4. The van der Waals surface area contributed by atoms with E-state index in [0.717, 1.165) is 19.3 Å². The van der Waals surface area contributed by atoms with Crippen LogP contribution in [0, 0.1) is 5.92 Å². The van der Waals surface area contributed by atoms with Crippen LogP contribution in [0.5, 0.6) is 0 Å². The molecule has 1 atom stereocenters. The number of allylic oxidation sites excluding steroid dienone is 2. The lowest BCUT2D eigenvalue weighted by atomic mass is 9.93. The van der Waals surface area contributed by atoms with Crippen molar-refractivity contribution in [2.45, 2.75) is 19.3 Å². The highest BCUT2D eigenvalue weighted by Crippen LogP contribution is 2.25. The van der Waals surface area contributed by atoms with Gasteiger partial charge in [0.25, 0.3) is 5.56 Å². The maximum absolute atomic E-state index is 12.7. The van der Waals surface area contributed by atoms with Gasteiger partial charge in [0.05, 0.1) is 17.6 Å². The molecule has 2 aromatic rings. The molecule has 6 nitrogen and oxygen atoms in total. The van der Waals surface area contributed by atoms with Crippen LogP contribution in [0.25, 0.3) is 5.69 Å². The first-order valence-electron chi connectivity index (χ1n) is 9.67. The van der Waals surface area contributed by atoms with Crippen molar-refractivity contribution in [3.63, 3.8) is 0 Å². The fourth-order valence-electron chi connectivity index (χ4n) is 3.84. The smallest absolute Gasteiger partial charge is 0.292 e. The minimum Gasteiger partial charge on any atom is -0.365 e. The van der Waals surface area contributed by atoms with Gasteiger partial charge in [-0.25, -0.2) is 0 Å². The fourth-order valence-corrected chi connectivity index (χ4v) is 4.09. The molecule has 7 heteroatoms. The molecule has 0 unspecified atom stereocenters. The van der Waals surface area contributed by atoms with Crippen molar-refractivity contribution < 1.29 is 4.79 Å². The Morgan fingerprint density at radius 3 is 2.50 bits per heavy atom. The van der Waals surface area contributed by atoms with Crippen molar-refractivity contribution in [2.75, 3.05) is 31.1 Å². The summed E-state index contributed by atoms with van der Waals surface area (Å²) >= 11 is 6.40. The Morgan fingerprint density at radius 1 is 1.07 bits per heavy atom. The molecule has 2 heterocycles. The number of nitrogens with zero attached hydrogens (tertiary/aromatic N) is 4. The van der Waals surface area contributed by atoms with Gasteiger partial charge >= 0.3 is 0 Å². The van der Waals surface area contributed by atoms with E-state index in [9.17, 15) is 9.59 Å². The summed E-state index contributed by atoms with van der Waals surface area (Å²) in [5.74, 6) is 0.351. The molecule has 1 amide bonds. The van der Waals surface area contributed by atoms with E-state index in [1.54, 1.807) is 6.20 Å². The molecule has 0 radical (unpaired) electrons. The Balaban J connectivity index is 1.46. The van der Waals surface area contributed by atoms with E-state index in [4.69, 9.17) is 11.6 Å². The summed E-state index contributed by atoms with van der Waals surface area (Å²) in [5, 5.41) is 4.46. The van der Waals surface area contributed by atoms with Crippen LogP contribution < -0.4 is 10.5 Å². The molecule has 0 saturated carbocycles. The van der Waals surface area contributed by atoms with E-state index < -0.39 is 0 Å². The predicted octanol–water partition coefficient (Wildman–Crippen LogP) is 2.89. The molecular weight excluding hydrogens is 376 g/mol. The molecule has 1 fully saturated rings. The van der Waals surface area contributed by atoms with Gasteiger partial charge in [0.2, 0.25) is 5.91 Å². The number of halogens is 1. The first-order chi connectivity index (χ1) is 13.6. The molecular formula is C21H23ClN4O2. The minimum absolute atomic E-state index is 0.108. The SMILES string of the molecule is O=C([C@@H]1CC=CCC1)N1CCN(c2cnn(-c3ccccc3)c(=O)c2Cl)CC1. The number of anilines is 1. The van der Waals surface area contributed by atoms with Crippen LogP contribution in [0.2, 0.25) is 5.02 Å². The summed E-state index contributed by atoms with van der Waals surface area (Å²) in [6.07, 6.45) is 8.65. The standard InChI is InChI=1S/C21H23ClN4O2/c22-19-18(15-23-26(21(19)28)17-9-5-2-6-10-17)24-11-13-25(14-12-24)20(27)16-7-3-1-4-8-16/h1-3,5-6,9-10,15-16H,4,7-8,11-14H2/t16-/m1/s1. The van der Waals surface area contributed by atoms with Gasteiger partial charge in [0.1, 0.15) is 5.02 Å². The van der Waals surface area contributed by atoms with Gasteiger partial charge in [0.15, 0.2) is 0 Å². The lowest BCUT2D eigenvalue weighted by Gasteiger charge is -2.37. The van der Waals surface area contributed by atoms with Gasteiger partial charge in [-0.15, -0.1) is 0 Å². The number of rotatable bonds is 3. The number of amides is 1. The molecule has 2 aliphatic rings. The van der Waals surface area contributed by atoms with Crippen molar-refractivity contribution in [1.29, 1.82) is 0 Å². The first-order valence-corrected chi connectivity index (χ1v) is 10.0. The lowest BCUT2D eigenvalue weighted by Crippen LogP contribution is -2.50. The van der Waals surface area contributed by atoms with E-state index in [2.05, 4.69) is 17.3 Å². The van der Waals surface area contributed by atoms with E-state index in [1.807, 2.05) is 40.1 Å². The summed E-state index contributed by atoms with van der Waals surface area (Å²) in [6, 6.07) is 9.21. The molecule has 1 aliphatic heterocycles. The number of para-hydroxylation sites is 1. The van der Waals surface area contributed by atoms with Crippen LogP contribution in [0.4, 0.5) is 5.69 Å². The summed E-state index contributed by atoms with van der Waals surface area (Å²) in [6.45, 7) is 2.56. The third-order valence-electron chi connectivity index (χ3n) is 5.45. The molecule has 146 valence electrons. The highest BCUT2D eigenvalue weighted by Gasteiger charge is 2.28. The normalized spacial score (nSPS) is 19.7. The zero-order chi connectivity index (χ0) is 19.5. The maximum atomic E-state index is 12.7. The highest BCUT2D eigenvalue weighted by molar-refractivity contribution is 6.33. The van der Waals surface area contributed by atoms with Crippen molar-refractivity contribution in [2.24, 2.45) is 5.92 Å². The maximum Gasteiger partial charge on any atom is 0.292 e. The second-order valence-electron chi connectivity index (χ2n) is 7.19. The van der Waals surface area contributed by atoms with Crippen LogP contribution in [0.1, 0.15) is 19.3 Å². The van der Waals surface area contributed by atoms with Crippen LogP contribution in [0.15, 0.2) is 53.5 Å². The average Bonchev–Trinajstić information content (AvgIpc) is 2.76. The van der Waals surface area contributed by atoms with Crippen LogP contribution in [-0.4, -0.2) is 46.8 Å². The quantitative estimate of drug-likeness (QED) is 0.746. The van der Waals surface area contributed by atoms with Crippen molar-refractivity contribution in [3.05, 3.63) is 64.1 Å². The minimum atomic E-state index is -0.335. The van der Waals surface area contributed by atoms with Gasteiger partial charge in [-0.1, -0.05) is 42.0 Å². The Morgan fingerprint density at radius 2 is 1.82 bits per heavy atom. The largest absolute Gasteiger partial charge is 0.365 e. The number of hydrogen-bond acceptors (Lipinski definition) is 4. The van der Waals surface area contributed by atoms with Crippen LogP contribution >= 0.6 is 11.6 Å². The van der Waals surface area contributed by atoms with Crippen molar-refractivity contribution >= 4 is 23.2 Å². The fraction of sp³-hybridized carbons (Fsp3) is 0.381. The number of hydrogen-bond donors (Lipinski definition) is 0. The molecule has 1 aliphatic carbocycles. The Labute approximate surface area is 169 Å². The van der Waals surface area contributed by atoms with Gasteiger partial charge in [-0.2, -0.15) is 9.78 Å². The molecule has 4 rings (SSSR count). The monoisotopic (exact) mass is 398 g/mol. The molecule has 1 aromatic carbocycles. The molecule has 1 aromatic heterocycles. The van der Waals surface area contributed by atoms with Gasteiger partial charge in [-0.3, -0.25) is 9.59 Å². The number of piperazine rings is 1. The Kier molecular flexibility index (Phi) is 5.48. The Hall–Kier alpha value is -2.60. The number of aromatic nitrogens is 2. The van der Waals surface area contributed by atoms with E-state index in [-0.39, 0.29) is 22.4 Å². The van der Waals surface area contributed by atoms with E-state index >= 15 is 0 Å². The highest BCUT2D eigenvalue weighted by atomic mass is 35.5. The molecule has 0 spiro atoms. The van der Waals surface area contributed by atoms with E-state index in [1.165, 1.54) is 4.68 Å². The van der Waals surface area contributed by atoms with Crippen LogP contribution in [-0.2, 0) is 4.79 Å². The summed E-state index contributed by atoms with van der Waals surface area (Å²) in [4.78, 5) is 29.4. The van der Waals surface area contributed by atoms with Gasteiger partial charge in [0, 0.05) is 32.1 Å². The first kappa shape index (κ1) is 18.7. The van der Waals surface area contributed by atoms with Gasteiger partial charge < -0.3 is 9.80 Å². The number of benzene rings is 1. The third-order valence-corrected chi connectivity index (χ3v) is 5.81. The summed E-state index contributed by atoms with van der Waals surface area (Å²) in [5.41, 5.74) is 0.974. The second-order valence-corrected chi connectivity index (χ2v) is 7.57. The summed E-state index contributed by atoms with van der Waals surface area (Å²) in [7, 11) is 0. The number of carbonyl (C=O) groups excluding carboxylic acids is 1. The average molecular weight is 399 g/mol. The molecule has 28 heavy (non-hydrogen) atoms. The third kappa shape index (κ3) is 3.69. The van der Waals surface area contributed by atoms with E-state index in [0.29, 0.717) is 37.6 Å². The Bertz CT molecular complexity index is 933. The molecule has 1 saturated heterocycles. The zero-order valence-electron chi connectivity index (χ0n) is 15.6. The number of carbonyl (C=O) groups is 1. The second kappa shape index (κ2) is 8.19. The van der Waals surface area contributed by atoms with Gasteiger partial charge in [-0.05, 0) is 31.4 Å². The lowest BCUT2D eigenvalue weighted by molar-refractivity contribution is -0.136. The van der Waals surface area contributed by atoms with Crippen molar-refractivity contribution in [3.8, 4) is 5.69 Å². The summed E-state index contributed by atoms with van der Waals surface area (Å²) < 4.78 is 1.31. The topological polar surface area (TPSA) is 58.4 Å². The van der Waals surface area contributed by atoms with Crippen LogP contribution in [0.3, 0.4) is 0 Å². The molecule has 0 bridgehead atoms.